The van der Waals surface area contributed by atoms with Gasteiger partial charge in [-0.25, -0.2) is 9.97 Å². The van der Waals surface area contributed by atoms with Crippen molar-refractivity contribution in [2.75, 3.05) is 12.3 Å². The number of likely N-dealkylation sites (tertiary alicyclic amines) is 1. The van der Waals surface area contributed by atoms with Crippen LogP contribution in [-0.2, 0) is 12.7 Å². The van der Waals surface area contributed by atoms with Crippen molar-refractivity contribution in [3.05, 3.63) is 53.5 Å². The molecule has 1 aliphatic rings. The van der Waals surface area contributed by atoms with E-state index in [2.05, 4.69) is 9.97 Å². The van der Waals surface area contributed by atoms with Gasteiger partial charge in [-0.1, -0.05) is 12.1 Å². The summed E-state index contributed by atoms with van der Waals surface area (Å²) < 4.78 is 38.8. The zero-order valence-electron chi connectivity index (χ0n) is 12.7. The van der Waals surface area contributed by atoms with Crippen LogP contribution in [0.25, 0.3) is 0 Å². The summed E-state index contributed by atoms with van der Waals surface area (Å²) in [5.41, 5.74) is 5.46. The summed E-state index contributed by atoms with van der Waals surface area (Å²) in [4.78, 5) is 10.1. The van der Waals surface area contributed by atoms with E-state index in [1.807, 2.05) is 4.90 Å². The van der Waals surface area contributed by atoms with Crippen molar-refractivity contribution in [1.29, 1.82) is 0 Å². The predicted molar refractivity (Wildman–Crippen MR) is 81.7 cm³/mol. The number of aromatic nitrogens is 2. The maximum atomic E-state index is 12.9. The fourth-order valence-electron chi connectivity index (χ4n) is 3.00. The molecule has 1 aliphatic heterocycles. The highest BCUT2D eigenvalue weighted by Crippen LogP contribution is 2.36. The normalized spacial score (nSPS) is 22.0. The van der Waals surface area contributed by atoms with Crippen molar-refractivity contribution in [3.63, 3.8) is 0 Å². The van der Waals surface area contributed by atoms with Crippen LogP contribution >= 0.6 is 0 Å². The van der Waals surface area contributed by atoms with Gasteiger partial charge in [0.15, 0.2) is 0 Å². The first-order chi connectivity index (χ1) is 11.3. The minimum absolute atomic E-state index is 0.309. The first kappa shape index (κ1) is 16.7. The van der Waals surface area contributed by atoms with E-state index in [-0.39, 0.29) is 6.04 Å². The first-order valence-electron chi connectivity index (χ1n) is 7.49. The number of aliphatic hydroxyl groups is 1. The van der Waals surface area contributed by atoms with Crippen LogP contribution in [0.2, 0.25) is 0 Å². The Morgan fingerprint density at radius 2 is 2.08 bits per heavy atom. The van der Waals surface area contributed by atoms with E-state index in [9.17, 15) is 18.3 Å². The average molecular weight is 338 g/mol. The monoisotopic (exact) mass is 338 g/mol. The minimum atomic E-state index is -4.39. The summed E-state index contributed by atoms with van der Waals surface area (Å²) in [6.45, 7) is 0.655. The smallest absolute Gasteiger partial charge is 0.392 e. The number of halogens is 3. The van der Waals surface area contributed by atoms with Crippen molar-refractivity contribution in [1.82, 2.24) is 14.9 Å². The molecule has 2 heterocycles. The molecular formula is C16H17F3N4O. The highest BCUT2D eigenvalue weighted by atomic mass is 19.4. The Morgan fingerprint density at radius 3 is 2.79 bits per heavy atom. The number of nitrogens with zero attached hydrogens (tertiary/aromatic N) is 3. The molecule has 1 saturated heterocycles. The molecule has 2 atom stereocenters. The van der Waals surface area contributed by atoms with E-state index in [1.54, 1.807) is 12.1 Å². The summed E-state index contributed by atoms with van der Waals surface area (Å²) in [7, 11) is 0. The summed E-state index contributed by atoms with van der Waals surface area (Å²) >= 11 is 0. The van der Waals surface area contributed by atoms with Gasteiger partial charge in [0.2, 0.25) is 0 Å². The van der Waals surface area contributed by atoms with Crippen molar-refractivity contribution >= 4 is 5.82 Å². The fourth-order valence-corrected chi connectivity index (χ4v) is 3.00. The molecule has 0 radical (unpaired) electrons. The molecule has 1 aromatic carbocycles. The van der Waals surface area contributed by atoms with Gasteiger partial charge in [-0.3, -0.25) is 4.90 Å². The number of hydrogen-bond donors (Lipinski definition) is 2. The van der Waals surface area contributed by atoms with Crippen LogP contribution in [0.1, 0.15) is 29.4 Å². The Bertz CT molecular complexity index is 722. The summed E-state index contributed by atoms with van der Waals surface area (Å²) in [5.74, 6) is 0.802. The Balaban J connectivity index is 1.85. The maximum Gasteiger partial charge on any atom is 0.416 e. The zero-order valence-corrected chi connectivity index (χ0v) is 12.7. The van der Waals surface area contributed by atoms with Gasteiger partial charge in [0.1, 0.15) is 11.6 Å². The highest BCUT2D eigenvalue weighted by molar-refractivity contribution is 5.29. The average Bonchev–Trinajstić information content (AvgIpc) is 2.87. The van der Waals surface area contributed by atoms with Gasteiger partial charge in [-0.15, -0.1) is 0 Å². The van der Waals surface area contributed by atoms with Crippen molar-refractivity contribution in [2.45, 2.75) is 31.3 Å². The Labute approximate surface area is 137 Å². The van der Waals surface area contributed by atoms with Crippen LogP contribution in [0.5, 0.6) is 0 Å². The van der Waals surface area contributed by atoms with Crippen molar-refractivity contribution < 1.29 is 18.3 Å². The lowest BCUT2D eigenvalue weighted by atomic mass is 10.0. The molecule has 0 aliphatic carbocycles. The topological polar surface area (TPSA) is 75.3 Å². The second-order valence-corrected chi connectivity index (χ2v) is 5.86. The van der Waals surface area contributed by atoms with Gasteiger partial charge in [-0.2, -0.15) is 13.2 Å². The number of nitrogen functional groups attached to an aromatic ring is 1. The van der Waals surface area contributed by atoms with E-state index in [0.29, 0.717) is 36.7 Å². The molecule has 0 bridgehead atoms. The standard InChI is InChI=1S/C16H17F3N4O/c17-16(18,19)11-3-1-2-10(6-11)13-7-12(24)8-23(13)9-15-21-5-4-14(20)22-15/h1-6,12-13,24H,7-9H2,(H2,20,21,22)/t12-,13-/m1/s1. The fraction of sp³-hybridized carbons (Fsp3) is 0.375. The van der Waals surface area contributed by atoms with E-state index in [1.165, 1.54) is 12.3 Å². The first-order valence-corrected chi connectivity index (χ1v) is 7.49. The number of β-amino-alcohol motifs (C(OH)–C–C–N with tert-alkyl or cyclic N) is 1. The molecule has 128 valence electrons. The largest absolute Gasteiger partial charge is 0.416 e. The Hall–Kier alpha value is -2.19. The molecule has 3 rings (SSSR count). The quantitative estimate of drug-likeness (QED) is 0.899. The number of alkyl halides is 3. The SMILES string of the molecule is Nc1ccnc(CN2C[C@H](O)C[C@@H]2c2cccc(C(F)(F)F)c2)n1. The molecule has 0 unspecified atom stereocenters. The number of hydrogen-bond acceptors (Lipinski definition) is 5. The summed E-state index contributed by atoms with van der Waals surface area (Å²) in [6.07, 6.45) is -3.10. The van der Waals surface area contributed by atoms with Crippen LogP contribution in [-0.4, -0.2) is 32.6 Å². The number of benzene rings is 1. The van der Waals surface area contributed by atoms with Gasteiger partial charge in [0.25, 0.3) is 0 Å². The number of anilines is 1. The van der Waals surface area contributed by atoms with Crippen LogP contribution in [0.15, 0.2) is 36.5 Å². The lowest BCUT2D eigenvalue weighted by Gasteiger charge is -2.24. The molecule has 24 heavy (non-hydrogen) atoms. The summed E-state index contributed by atoms with van der Waals surface area (Å²) in [5, 5.41) is 9.96. The van der Waals surface area contributed by atoms with Crippen LogP contribution in [0.3, 0.4) is 0 Å². The molecular weight excluding hydrogens is 321 g/mol. The lowest BCUT2D eigenvalue weighted by molar-refractivity contribution is -0.137. The van der Waals surface area contributed by atoms with Gasteiger partial charge in [-0.05, 0) is 30.2 Å². The molecule has 0 saturated carbocycles. The zero-order chi connectivity index (χ0) is 17.3. The minimum Gasteiger partial charge on any atom is -0.392 e. The van der Waals surface area contributed by atoms with E-state index < -0.39 is 17.8 Å². The summed E-state index contributed by atoms with van der Waals surface area (Å²) in [6, 6.07) is 6.44. The molecule has 5 nitrogen and oxygen atoms in total. The molecule has 8 heteroatoms. The van der Waals surface area contributed by atoms with Crippen LogP contribution in [0, 0.1) is 0 Å². The molecule has 1 aromatic heterocycles. The van der Waals surface area contributed by atoms with E-state index in [0.717, 1.165) is 12.1 Å². The van der Waals surface area contributed by atoms with Crippen LogP contribution < -0.4 is 5.73 Å². The van der Waals surface area contributed by atoms with Gasteiger partial charge < -0.3 is 10.8 Å². The van der Waals surface area contributed by atoms with Gasteiger partial charge in [0.05, 0.1) is 18.2 Å². The third-order valence-electron chi connectivity index (χ3n) is 4.05. The van der Waals surface area contributed by atoms with Crippen molar-refractivity contribution in [3.8, 4) is 0 Å². The van der Waals surface area contributed by atoms with Gasteiger partial charge in [0, 0.05) is 18.8 Å². The second kappa shape index (κ2) is 6.37. The molecule has 0 amide bonds. The third kappa shape index (κ3) is 3.65. The lowest BCUT2D eigenvalue weighted by Crippen LogP contribution is -2.25. The van der Waals surface area contributed by atoms with Gasteiger partial charge >= 0.3 is 6.18 Å². The molecule has 1 fully saturated rings. The molecule has 2 aromatic rings. The number of aliphatic hydroxyl groups excluding tert-OH is 1. The van der Waals surface area contributed by atoms with Crippen molar-refractivity contribution in [2.24, 2.45) is 0 Å². The second-order valence-electron chi connectivity index (χ2n) is 5.86. The predicted octanol–water partition coefficient (Wildman–Crippen LogP) is 2.39. The van der Waals surface area contributed by atoms with Crippen LogP contribution in [0.4, 0.5) is 19.0 Å². The number of rotatable bonds is 3. The third-order valence-corrected chi connectivity index (χ3v) is 4.05. The number of nitrogens with two attached hydrogens (primary N) is 1. The highest BCUT2D eigenvalue weighted by Gasteiger charge is 2.35. The Kier molecular flexibility index (Phi) is 4.42. The maximum absolute atomic E-state index is 12.9. The van der Waals surface area contributed by atoms with E-state index in [4.69, 9.17) is 5.73 Å². The molecule has 0 spiro atoms. The van der Waals surface area contributed by atoms with E-state index >= 15 is 0 Å². The molecule has 3 N–H and O–H groups in total. The Morgan fingerprint density at radius 1 is 1.29 bits per heavy atom.